The fraction of sp³-hybridized carbons (Fsp3) is 0.435. The highest BCUT2D eigenvalue weighted by molar-refractivity contribution is 5.80. The summed E-state index contributed by atoms with van der Waals surface area (Å²) in [5.74, 6) is 1.49. The minimum atomic E-state index is -0.532. The van der Waals surface area contributed by atoms with E-state index in [1.165, 1.54) is 24.0 Å². The normalized spacial score (nSPS) is 14.4. The van der Waals surface area contributed by atoms with Crippen LogP contribution in [0, 0.1) is 0 Å². The Morgan fingerprint density at radius 3 is 2.30 bits per heavy atom. The molecule has 0 unspecified atom stereocenters. The van der Waals surface area contributed by atoms with Crippen molar-refractivity contribution in [3.05, 3.63) is 59.2 Å². The maximum Gasteiger partial charge on any atom is 0.261 e. The van der Waals surface area contributed by atoms with Crippen LogP contribution in [0.5, 0.6) is 11.5 Å². The maximum atomic E-state index is 12.4. The molecule has 2 aromatic carbocycles. The van der Waals surface area contributed by atoms with E-state index in [-0.39, 0.29) is 12.0 Å². The Morgan fingerprint density at radius 1 is 0.926 bits per heavy atom. The summed E-state index contributed by atoms with van der Waals surface area (Å²) in [6.07, 6.45) is 4.35. The van der Waals surface area contributed by atoms with E-state index < -0.39 is 6.10 Å². The molecule has 0 bridgehead atoms. The molecule has 0 heterocycles. The summed E-state index contributed by atoms with van der Waals surface area (Å²) in [6.45, 7) is 6.25. The van der Waals surface area contributed by atoms with Gasteiger partial charge in [0, 0.05) is 6.54 Å². The molecule has 0 saturated heterocycles. The van der Waals surface area contributed by atoms with Gasteiger partial charge in [-0.1, -0.05) is 18.2 Å². The fourth-order valence-electron chi connectivity index (χ4n) is 3.33. The Balaban J connectivity index is 1.50. The van der Waals surface area contributed by atoms with E-state index in [1.807, 2.05) is 44.2 Å². The zero-order chi connectivity index (χ0) is 19.2. The van der Waals surface area contributed by atoms with Crippen molar-refractivity contribution in [2.75, 3.05) is 0 Å². The Kier molecular flexibility index (Phi) is 6.38. The number of benzene rings is 2. The second-order valence-corrected chi connectivity index (χ2v) is 7.43. The van der Waals surface area contributed by atoms with Crippen molar-refractivity contribution in [3.8, 4) is 11.5 Å². The van der Waals surface area contributed by atoms with Crippen molar-refractivity contribution in [1.82, 2.24) is 5.32 Å². The monoisotopic (exact) mass is 367 g/mol. The first-order chi connectivity index (χ1) is 13.0. The van der Waals surface area contributed by atoms with E-state index in [9.17, 15) is 4.79 Å². The number of fused-ring (bicyclic) bond motifs is 1. The Labute approximate surface area is 161 Å². The standard InChI is InChI=1S/C23H29NO3/c1-16(2)26-21-11-8-18(9-12-21)15-24-23(25)17(3)27-22-13-10-19-6-4-5-7-20(19)14-22/h8-14,16-17H,4-7,15H2,1-3H3,(H,24,25)/t17-/m0/s1. The lowest BCUT2D eigenvalue weighted by Crippen LogP contribution is -2.35. The number of hydrogen-bond donors (Lipinski definition) is 1. The molecule has 0 saturated carbocycles. The summed E-state index contributed by atoms with van der Waals surface area (Å²) in [4.78, 5) is 12.4. The highest BCUT2D eigenvalue weighted by Gasteiger charge is 2.16. The lowest BCUT2D eigenvalue weighted by molar-refractivity contribution is -0.127. The lowest BCUT2D eigenvalue weighted by Gasteiger charge is -2.19. The van der Waals surface area contributed by atoms with Crippen LogP contribution >= 0.6 is 0 Å². The van der Waals surface area contributed by atoms with Crippen molar-refractivity contribution in [1.29, 1.82) is 0 Å². The molecule has 0 aromatic heterocycles. The molecule has 144 valence electrons. The average molecular weight is 367 g/mol. The maximum absolute atomic E-state index is 12.4. The van der Waals surface area contributed by atoms with Gasteiger partial charge in [-0.25, -0.2) is 0 Å². The summed E-state index contributed by atoms with van der Waals surface area (Å²) >= 11 is 0. The fourth-order valence-corrected chi connectivity index (χ4v) is 3.33. The first-order valence-corrected chi connectivity index (χ1v) is 9.83. The van der Waals surface area contributed by atoms with E-state index in [2.05, 4.69) is 17.4 Å². The number of aryl methyl sites for hydroxylation is 2. The van der Waals surface area contributed by atoms with Gasteiger partial charge in [-0.2, -0.15) is 0 Å². The van der Waals surface area contributed by atoms with Crippen molar-refractivity contribution >= 4 is 5.91 Å². The Bertz CT molecular complexity index is 768. The largest absolute Gasteiger partial charge is 0.491 e. The molecule has 0 aliphatic heterocycles. The molecular formula is C23H29NO3. The third-order valence-corrected chi connectivity index (χ3v) is 4.76. The molecular weight excluding hydrogens is 338 g/mol. The summed E-state index contributed by atoms with van der Waals surface area (Å²) in [5, 5.41) is 2.94. The smallest absolute Gasteiger partial charge is 0.261 e. The topological polar surface area (TPSA) is 47.6 Å². The quantitative estimate of drug-likeness (QED) is 0.787. The van der Waals surface area contributed by atoms with Gasteiger partial charge in [-0.15, -0.1) is 0 Å². The third kappa shape index (κ3) is 5.49. The number of carbonyl (C=O) groups excluding carboxylic acids is 1. The second-order valence-electron chi connectivity index (χ2n) is 7.43. The summed E-state index contributed by atoms with van der Waals surface area (Å²) in [7, 11) is 0. The van der Waals surface area contributed by atoms with Crippen LogP contribution in [0.2, 0.25) is 0 Å². The molecule has 0 fully saturated rings. The van der Waals surface area contributed by atoms with Crippen molar-refractivity contribution in [2.45, 2.75) is 65.2 Å². The van der Waals surface area contributed by atoms with Crippen LogP contribution in [0.15, 0.2) is 42.5 Å². The lowest BCUT2D eigenvalue weighted by atomic mass is 9.92. The number of hydrogen-bond acceptors (Lipinski definition) is 3. The number of ether oxygens (including phenoxy) is 2. The van der Waals surface area contributed by atoms with Gasteiger partial charge in [0.25, 0.3) is 5.91 Å². The Morgan fingerprint density at radius 2 is 1.59 bits per heavy atom. The van der Waals surface area contributed by atoms with Crippen molar-refractivity contribution in [2.24, 2.45) is 0 Å². The highest BCUT2D eigenvalue weighted by atomic mass is 16.5. The highest BCUT2D eigenvalue weighted by Crippen LogP contribution is 2.25. The number of carbonyl (C=O) groups is 1. The number of rotatable bonds is 7. The molecule has 2 aromatic rings. The molecule has 27 heavy (non-hydrogen) atoms. The van der Waals surface area contributed by atoms with Crippen molar-refractivity contribution < 1.29 is 14.3 Å². The SMILES string of the molecule is CC(C)Oc1ccc(CNC(=O)[C@H](C)Oc2ccc3c(c2)CCCC3)cc1. The van der Waals surface area contributed by atoms with Gasteiger partial charge < -0.3 is 14.8 Å². The van der Waals surface area contributed by atoms with Gasteiger partial charge in [0.2, 0.25) is 0 Å². The van der Waals surface area contributed by atoms with Gasteiger partial charge in [-0.3, -0.25) is 4.79 Å². The summed E-state index contributed by atoms with van der Waals surface area (Å²) < 4.78 is 11.5. The van der Waals surface area contributed by atoms with Gasteiger partial charge in [0.1, 0.15) is 11.5 Å². The molecule has 4 nitrogen and oxygen atoms in total. The first kappa shape index (κ1) is 19.3. The zero-order valence-electron chi connectivity index (χ0n) is 16.5. The number of amides is 1. The van der Waals surface area contributed by atoms with Crippen LogP contribution in [-0.4, -0.2) is 18.1 Å². The van der Waals surface area contributed by atoms with E-state index in [0.29, 0.717) is 6.54 Å². The summed E-state index contributed by atoms with van der Waals surface area (Å²) in [6, 6.07) is 14.0. The minimum absolute atomic E-state index is 0.116. The van der Waals surface area contributed by atoms with Crippen LogP contribution in [-0.2, 0) is 24.2 Å². The van der Waals surface area contributed by atoms with Crippen LogP contribution < -0.4 is 14.8 Å². The van der Waals surface area contributed by atoms with E-state index in [4.69, 9.17) is 9.47 Å². The van der Waals surface area contributed by atoms with E-state index in [0.717, 1.165) is 29.9 Å². The summed E-state index contributed by atoms with van der Waals surface area (Å²) in [5.41, 5.74) is 3.80. The third-order valence-electron chi connectivity index (χ3n) is 4.76. The van der Waals surface area contributed by atoms with Crippen LogP contribution in [0.4, 0.5) is 0 Å². The Hall–Kier alpha value is -2.49. The molecule has 4 heteroatoms. The van der Waals surface area contributed by atoms with Gasteiger partial charge in [0.05, 0.1) is 6.10 Å². The minimum Gasteiger partial charge on any atom is -0.491 e. The van der Waals surface area contributed by atoms with Gasteiger partial charge in [0.15, 0.2) is 6.10 Å². The van der Waals surface area contributed by atoms with Crippen LogP contribution in [0.1, 0.15) is 50.3 Å². The van der Waals surface area contributed by atoms with Gasteiger partial charge >= 0.3 is 0 Å². The number of nitrogens with one attached hydrogen (secondary N) is 1. The molecule has 1 aliphatic rings. The van der Waals surface area contributed by atoms with E-state index >= 15 is 0 Å². The van der Waals surface area contributed by atoms with Crippen LogP contribution in [0.3, 0.4) is 0 Å². The van der Waals surface area contributed by atoms with Crippen molar-refractivity contribution in [3.63, 3.8) is 0 Å². The predicted molar refractivity (Wildman–Crippen MR) is 107 cm³/mol. The molecule has 1 aliphatic carbocycles. The second kappa shape index (κ2) is 8.94. The predicted octanol–water partition coefficient (Wildman–Crippen LogP) is 4.44. The van der Waals surface area contributed by atoms with E-state index in [1.54, 1.807) is 6.92 Å². The zero-order valence-corrected chi connectivity index (χ0v) is 16.5. The first-order valence-electron chi connectivity index (χ1n) is 9.83. The molecule has 1 atom stereocenters. The average Bonchev–Trinajstić information content (AvgIpc) is 2.66. The van der Waals surface area contributed by atoms with Gasteiger partial charge in [-0.05, 0) is 87.4 Å². The van der Waals surface area contributed by atoms with Crippen LogP contribution in [0.25, 0.3) is 0 Å². The molecule has 1 amide bonds. The molecule has 0 radical (unpaired) electrons. The molecule has 3 rings (SSSR count). The molecule has 1 N–H and O–H groups in total. The molecule has 0 spiro atoms.